The van der Waals surface area contributed by atoms with Gasteiger partial charge >= 0.3 is 0 Å². The molecule has 0 radical (unpaired) electrons. The molecule has 0 heterocycles. The fraction of sp³-hybridized carbons (Fsp3) is 0.538. The van der Waals surface area contributed by atoms with Gasteiger partial charge in [0, 0.05) is 6.04 Å². The molecular weight excluding hydrogens is 222 g/mol. The molecule has 16 heavy (non-hydrogen) atoms. The highest BCUT2D eigenvalue weighted by Crippen LogP contribution is 2.28. The first-order valence-electron chi connectivity index (χ1n) is 5.78. The fourth-order valence-electron chi connectivity index (χ4n) is 1.69. The van der Waals surface area contributed by atoms with Crippen LogP contribution < -0.4 is 10.5 Å². The zero-order valence-corrected chi connectivity index (χ0v) is 10.8. The minimum atomic E-state index is 0.0812. The lowest BCUT2D eigenvalue weighted by Crippen LogP contribution is -2.10. The van der Waals surface area contributed by atoms with E-state index in [0.29, 0.717) is 10.8 Å². The molecule has 0 aliphatic rings. The van der Waals surface area contributed by atoms with Gasteiger partial charge in [-0.3, -0.25) is 0 Å². The van der Waals surface area contributed by atoms with Crippen molar-refractivity contribution in [3.05, 3.63) is 28.8 Å². The van der Waals surface area contributed by atoms with Gasteiger partial charge in [-0.1, -0.05) is 43.9 Å². The lowest BCUT2D eigenvalue weighted by atomic mass is 10.0. The minimum absolute atomic E-state index is 0.0812. The predicted octanol–water partition coefficient (Wildman–Crippen LogP) is 3.93. The van der Waals surface area contributed by atoms with Gasteiger partial charge in [-0.05, 0) is 24.1 Å². The average molecular weight is 242 g/mol. The molecule has 1 atom stereocenters. The second-order valence-corrected chi connectivity index (χ2v) is 4.40. The summed E-state index contributed by atoms with van der Waals surface area (Å²) in [5, 5.41) is 0.631. The Kier molecular flexibility index (Phi) is 5.64. The van der Waals surface area contributed by atoms with Crippen molar-refractivity contribution in [2.45, 2.75) is 38.6 Å². The summed E-state index contributed by atoms with van der Waals surface area (Å²) in [7, 11) is 1.62. The molecule has 0 aromatic heterocycles. The van der Waals surface area contributed by atoms with Gasteiger partial charge in [-0.2, -0.15) is 0 Å². The summed E-state index contributed by atoms with van der Waals surface area (Å²) in [4.78, 5) is 0. The number of unbranched alkanes of at least 4 members (excludes halogenated alkanes) is 2. The Morgan fingerprint density at radius 3 is 2.75 bits per heavy atom. The summed E-state index contributed by atoms with van der Waals surface area (Å²) < 4.78 is 5.17. The zero-order chi connectivity index (χ0) is 12.0. The van der Waals surface area contributed by atoms with E-state index < -0.39 is 0 Å². The highest BCUT2D eigenvalue weighted by Gasteiger charge is 2.08. The monoisotopic (exact) mass is 241 g/mol. The first-order valence-corrected chi connectivity index (χ1v) is 6.15. The normalized spacial score (nSPS) is 12.5. The molecular formula is C13H20ClNO. The molecule has 0 saturated carbocycles. The molecule has 3 heteroatoms. The second kappa shape index (κ2) is 6.77. The van der Waals surface area contributed by atoms with Crippen LogP contribution in [0.3, 0.4) is 0 Å². The van der Waals surface area contributed by atoms with Gasteiger partial charge in [0.05, 0.1) is 12.1 Å². The Morgan fingerprint density at radius 2 is 2.12 bits per heavy atom. The Labute approximate surface area is 103 Å². The number of benzene rings is 1. The Morgan fingerprint density at radius 1 is 1.38 bits per heavy atom. The largest absolute Gasteiger partial charge is 0.495 e. The molecule has 0 aliphatic heterocycles. The lowest BCUT2D eigenvalue weighted by molar-refractivity contribution is 0.413. The van der Waals surface area contributed by atoms with E-state index in [1.165, 1.54) is 19.3 Å². The summed E-state index contributed by atoms with van der Waals surface area (Å²) >= 11 is 5.96. The number of methoxy groups -OCH3 is 1. The van der Waals surface area contributed by atoms with Gasteiger partial charge in [0.15, 0.2) is 0 Å². The number of hydrogen-bond donors (Lipinski definition) is 1. The maximum Gasteiger partial charge on any atom is 0.137 e. The Hall–Kier alpha value is -0.730. The smallest absolute Gasteiger partial charge is 0.137 e. The summed E-state index contributed by atoms with van der Waals surface area (Å²) in [6, 6.07) is 5.83. The molecule has 0 bridgehead atoms. The van der Waals surface area contributed by atoms with Crippen molar-refractivity contribution in [1.82, 2.24) is 0 Å². The number of halogens is 1. The number of hydrogen-bond acceptors (Lipinski definition) is 2. The van der Waals surface area contributed by atoms with Crippen LogP contribution in [0.4, 0.5) is 0 Å². The van der Waals surface area contributed by atoms with Crippen LogP contribution in [0.2, 0.25) is 5.02 Å². The molecule has 90 valence electrons. The highest BCUT2D eigenvalue weighted by molar-refractivity contribution is 6.32. The van der Waals surface area contributed by atoms with E-state index in [9.17, 15) is 0 Å². The third-order valence-electron chi connectivity index (χ3n) is 2.72. The van der Waals surface area contributed by atoms with Crippen molar-refractivity contribution >= 4 is 11.6 Å². The fourth-order valence-corrected chi connectivity index (χ4v) is 1.88. The molecule has 0 unspecified atom stereocenters. The van der Waals surface area contributed by atoms with Crippen LogP contribution in [-0.4, -0.2) is 7.11 Å². The van der Waals surface area contributed by atoms with Crippen molar-refractivity contribution in [3.8, 4) is 5.75 Å². The van der Waals surface area contributed by atoms with E-state index >= 15 is 0 Å². The summed E-state index contributed by atoms with van der Waals surface area (Å²) in [5.41, 5.74) is 7.21. The van der Waals surface area contributed by atoms with Gasteiger partial charge in [0.25, 0.3) is 0 Å². The van der Waals surface area contributed by atoms with Gasteiger partial charge in [0.1, 0.15) is 5.75 Å². The van der Waals surface area contributed by atoms with Crippen LogP contribution in [0.1, 0.15) is 44.2 Å². The zero-order valence-electron chi connectivity index (χ0n) is 10.0. The minimum Gasteiger partial charge on any atom is -0.495 e. The summed E-state index contributed by atoms with van der Waals surface area (Å²) in [6.07, 6.45) is 4.64. The van der Waals surface area contributed by atoms with Crippen molar-refractivity contribution in [2.24, 2.45) is 5.73 Å². The van der Waals surface area contributed by atoms with Gasteiger partial charge in [-0.15, -0.1) is 0 Å². The van der Waals surface area contributed by atoms with E-state index in [2.05, 4.69) is 6.92 Å². The van der Waals surface area contributed by atoms with Gasteiger partial charge < -0.3 is 10.5 Å². The van der Waals surface area contributed by atoms with Crippen LogP contribution in [0, 0.1) is 0 Å². The van der Waals surface area contributed by atoms with Crippen LogP contribution >= 0.6 is 11.6 Å². The molecule has 0 amide bonds. The molecule has 0 fully saturated rings. The standard InChI is InChI=1S/C13H20ClNO/c1-3-4-5-6-12(15)10-7-8-11(14)13(9-10)16-2/h7-9,12H,3-6,15H2,1-2H3/t12-/m1/s1. The maximum atomic E-state index is 6.11. The van der Waals surface area contributed by atoms with Crippen LogP contribution in [0.15, 0.2) is 18.2 Å². The van der Waals surface area contributed by atoms with E-state index in [1.807, 2.05) is 18.2 Å². The van der Waals surface area contributed by atoms with Crippen molar-refractivity contribution in [2.75, 3.05) is 7.11 Å². The number of rotatable bonds is 6. The van der Waals surface area contributed by atoms with Gasteiger partial charge in [-0.25, -0.2) is 0 Å². The number of ether oxygens (including phenoxy) is 1. The SMILES string of the molecule is CCCCC[C@@H](N)c1ccc(Cl)c(OC)c1. The predicted molar refractivity (Wildman–Crippen MR) is 69.1 cm³/mol. The van der Waals surface area contributed by atoms with Crippen LogP contribution in [-0.2, 0) is 0 Å². The summed E-state index contributed by atoms with van der Waals surface area (Å²) in [5.74, 6) is 0.699. The van der Waals surface area contributed by atoms with Crippen LogP contribution in [0.25, 0.3) is 0 Å². The Bertz CT molecular complexity index is 328. The van der Waals surface area contributed by atoms with Crippen molar-refractivity contribution in [1.29, 1.82) is 0 Å². The maximum absolute atomic E-state index is 6.11. The van der Waals surface area contributed by atoms with Crippen molar-refractivity contribution < 1.29 is 4.74 Å². The molecule has 2 N–H and O–H groups in total. The van der Waals surface area contributed by atoms with E-state index in [4.69, 9.17) is 22.1 Å². The third kappa shape index (κ3) is 3.69. The highest BCUT2D eigenvalue weighted by atomic mass is 35.5. The molecule has 2 nitrogen and oxygen atoms in total. The number of nitrogens with two attached hydrogens (primary N) is 1. The molecule has 0 spiro atoms. The molecule has 1 rings (SSSR count). The van der Waals surface area contributed by atoms with E-state index in [-0.39, 0.29) is 6.04 Å². The van der Waals surface area contributed by atoms with Crippen molar-refractivity contribution in [3.63, 3.8) is 0 Å². The van der Waals surface area contributed by atoms with E-state index in [0.717, 1.165) is 12.0 Å². The summed E-state index contributed by atoms with van der Waals surface area (Å²) in [6.45, 7) is 2.19. The van der Waals surface area contributed by atoms with Gasteiger partial charge in [0.2, 0.25) is 0 Å². The van der Waals surface area contributed by atoms with Crippen LogP contribution in [0.5, 0.6) is 5.75 Å². The first kappa shape index (κ1) is 13.3. The topological polar surface area (TPSA) is 35.2 Å². The molecule has 0 saturated heterocycles. The quantitative estimate of drug-likeness (QED) is 0.766. The average Bonchev–Trinajstić information content (AvgIpc) is 2.30. The van der Waals surface area contributed by atoms with E-state index in [1.54, 1.807) is 7.11 Å². The third-order valence-corrected chi connectivity index (χ3v) is 3.03. The first-order chi connectivity index (χ1) is 7.69. The lowest BCUT2D eigenvalue weighted by Gasteiger charge is -2.13. The molecule has 1 aromatic carbocycles. The second-order valence-electron chi connectivity index (χ2n) is 4.00. The Balaban J connectivity index is 2.64. The molecule has 1 aromatic rings. The molecule has 0 aliphatic carbocycles.